The van der Waals surface area contributed by atoms with Crippen LogP contribution >= 0.6 is 0 Å². The minimum absolute atomic E-state index is 0.475. The summed E-state index contributed by atoms with van der Waals surface area (Å²) in [6.07, 6.45) is 0. The maximum atomic E-state index is 5.37. The van der Waals surface area contributed by atoms with E-state index in [0.29, 0.717) is 0 Å². The second-order valence-electron chi connectivity index (χ2n) is 13.1. The summed E-state index contributed by atoms with van der Waals surface area (Å²) in [6.45, 7) is 8.76. The smallest absolute Gasteiger partial charge is 0.0761 e. The lowest BCUT2D eigenvalue weighted by Gasteiger charge is -2.31. The van der Waals surface area contributed by atoms with Gasteiger partial charge in [-0.25, -0.2) is 4.98 Å². The number of nitrogens with zero attached hydrogens (tertiary/aromatic N) is 1. The number of rotatable bonds is 2. The molecule has 1 heterocycles. The lowest BCUT2D eigenvalue weighted by molar-refractivity contribution is 0.794. The van der Waals surface area contributed by atoms with Gasteiger partial charge in [-0.1, -0.05) is 125 Å². The number of fused-ring (bicyclic) bond motifs is 11. The summed E-state index contributed by atoms with van der Waals surface area (Å²) in [5.74, 6) is 0. The number of benzene rings is 6. The SMILES string of the molecule is Cc1cc(C)cc(-c2ccc3c(c2)C2(c4cc(-c5cc(C)cc(C)c5)ccc4-3)c3ccccc3-c3nc4ccccc4cc32)c1. The number of hydrogen-bond acceptors (Lipinski definition) is 1. The van der Waals surface area contributed by atoms with Crippen molar-refractivity contribution < 1.29 is 0 Å². The Morgan fingerprint density at radius 2 is 0.933 bits per heavy atom. The zero-order valence-electron chi connectivity index (χ0n) is 26.1. The monoisotopic (exact) mass is 575 g/mol. The standard InChI is InChI=1S/C44H33N/c1-26-17-27(2)20-33(19-26)30-13-15-35-36-16-14-31(34-21-28(3)18-29(4)22-34)24-40(36)44(39(35)23-30)38-11-7-6-10-37(38)43-41(44)25-32-9-5-8-12-42(32)45-43/h5-25H,1-4H3. The highest BCUT2D eigenvalue weighted by Gasteiger charge is 2.52. The summed E-state index contributed by atoms with van der Waals surface area (Å²) in [6, 6.07) is 48.0. The zero-order valence-corrected chi connectivity index (χ0v) is 26.1. The molecule has 0 fully saturated rings. The topological polar surface area (TPSA) is 12.9 Å². The molecule has 0 saturated heterocycles. The first kappa shape index (κ1) is 26.2. The summed E-state index contributed by atoms with van der Waals surface area (Å²) >= 11 is 0. The summed E-state index contributed by atoms with van der Waals surface area (Å²) < 4.78 is 0. The number of aryl methyl sites for hydroxylation is 4. The van der Waals surface area contributed by atoms with Crippen LogP contribution in [0.4, 0.5) is 0 Å². The molecule has 0 atom stereocenters. The fourth-order valence-electron chi connectivity index (χ4n) is 8.31. The minimum Gasteiger partial charge on any atom is -0.247 e. The molecule has 0 radical (unpaired) electrons. The van der Waals surface area contributed by atoms with Gasteiger partial charge < -0.3 is 0 Å². The van der Waals surface area contributed by atoms with Gasteiger partial charge in [0.1, 0.15) is 0 Å². The highest BCUT2D eigenvalue weighted by Crippen LogP contribution is 2.63. The average molecular weight is 576 g/mol. The molecule has 9 rings (SSSR count). The molecule has 0 bridgehead atoms. The Morgan fingerprint density at radius 1 is 0.400 bits per heavy atom. The molecule has 1 heteroatoms. The molecule has 1 spiro atoms. The summed E-state index contributed by atoms with van der Waals surface area (Å²) in [5, 5.41) is 1.18. The third-order valence-corrected chi connectivity index (χ3v) is 9.96. The van der Waals surface area contributed by atoms with Gasteiger partial charge in [0.25, 0.3) is 0 Å². The van der Waals surface area contributed by atoms with E-state index in [1.165, 1.54) is 88.8 Å². The lowest BCUT2D eigenvalue weighted by Crippen LogP contribution is -2.26. The van der Waals surface area contributed by atoms with Crippen molar-refractivity contribution in [3.63, 3.8) is 0 Å². The molecule has 0 aliphatic heterocycles. The molecule has 1 aromatic heterocycles. The molecule has 2 aliphatic rings. The summed E-state index contributed by atoms with van der Waals surface area (Å²) in [7, 11) is 0. The van der Waals surface area contributed by atoms with E-state index in [1.54, 1.807) is 0 Å². The van der Waals surface area contributed by atoms with Gasteiger partial charge in [0.15, 0.2) is 0 Å². The van der Waals surface area contributed by atoms with Gasteiger partial charge in [-0.3, -0.25) is 0 Å². The van der Waals surface area contributed by atoms with E-state index in [4.69, 9.17) is 4.98 Å². The highest BCUT2D eigenvalue weighted by atomic mass is 14.7. The number of hydrogen-bond donors (Lipinski definition) is 0. The third-order valence-electron chi connectivity index (χ3n) is 9.96. The van der Waals surface area contributed by atoms with Gasteiger partial charge in [0.05, 0.1) is 16.6 Å². The predicted molar refractivity (Wildman–Crippen MR) is 188 cm³/mol. The van der Waals surface area contributed by atoms with E-state index in [-0.39, 0.29) is 0 Å². The lowest BCUT2D eigenvalue weighted by atomic mass is 9.70. The maximum absolute atomic E-state index is 5.37. The number of aromatic nitrogens is 1. The molecule has 0 saturated carbocycles. The Labute approximate surface area is 264 Å². The van der Waals surface area contributed by atoms with Gasteiger partial charge in [-0.2, -0.15) is 0 Å². The molecule has 2 aliphatic carbocycles. The van der Waals surface area contributed by atoms with Crippen molar-refractivity contribution in [2.75, 3.05) is 0 Å². The summed E-state index contributed by atoms with van der Waals surface area (Å²) in [5.41, 5.74) is 21.0. The van der Waals surface area contributed by atoms with Crippen LogP contribution in [-0.2, 0) is 5.41 Å². The van der Waals surface area contributed by atoms with Crippen molar-refractivity contribution in [3.05, 3.63) is 172 Å². The van der Waals surface area contributed by atoms with E-state index in [2.05, 4.69) is 155 Å². The molecular formula is C44H33N. The van der Waals surface area contributed by atoms with Crippen molar-refractivity contribution in [2.24, 2.45) is 0 Å². The van der Waals surface area contributed by atoms with Crippen LogP contribution in [0.5, 0.6) is 0 Å². The molecule has 7 aromatic rings. The normalized spacial score (nSPS) is 13.5. The fourth-order valence-corrected chi connectivity index (χ4v) is 8.31. The first-order valence-corrected chi connectivity index (χ1v) is 15.9. The highest BCUT2D eigenvalue weighted by molar-refractivity contribution is 5.98. The van der Waals surface area contributed by atoms with E-state index >= 15 is 0 Å². The van der Waals surface area contributed by atoms with Crippen molar-refractivity contribution in [1.29, 1.82) is 0 Å². The molecular weight excluding hydrogens is 542 g/mol. The van der Waals surface area contributed by atoms with Gasteiger partial charge >= 0.3 is 0 Å². The summed E-state index contributed by atoms with van der Waals surface area (Å²) in [4.78, 5) is 5.37. The molecule has 45 heavy (non-hydrogen) atoms. The Hall–Kier alpha value is -5.27. The fraction of sp³-hybridized carbons (Fsp3) is 0.114. The van der Waals surface area contributed by atoms with E-state index in [1.807, 2.05) is 0 Å². The van der Waals surface area contributed by atoms with Crippen LogP contribution in [0.25, 0.3) is 55.5 Å². The van der Waals surface area contributed by atoms with Gasteiger partial charge in [-0.15, -0.1) is 0 Å². The molecule has 6 aromatic carbocycles. The Bertz CT molecular complexity index is 2230. The molecule has 0 amide bonds. The van der Waals surface area contributed by atoms with Crippen LogP contribution < -0.4 is 0 Å². The largest absolute Gasteiger partial charge is 0.247 e. The molecule has 0 unspecified atom stereocenters. The van der Waals surface area contributed by atoms with Crippen molar-refractivity contribution in [3.8, 4) is 44.6 Å². The first-order valence-electron chi connectivity index (χ1n) is 15.9. The van der Waals surface area contributed by atoms with Crippen LogP contribution in [0.2, 0.25) is 0 Å². The molecule has 1 nitrogen and oxygen atoms in total. The quantitative estimate of drug-likeness (QED) is 0.200. The predicted octanol–water partition coefficient (Wildman–Crippen LogP) is 11.1. The Morgan fingerprint density at radius 3 is 1.53 bits per heavy atom. The van der Waals surface area contributed by atoms with Crippen LogP contribution in [0.15, 0.2) is 127 Å². The Balaban J connectivity index is 1.41. The van der Waals surface area contributed by atoms with E-state index in [0.717, 1.165) is 11.2 Å². The second kappa shape index (κ2) is 9.36. The van der Waals surface area contributed by atoms with Crippen LogP contribution in [-0.4, -0.2) is 4.98 Å². The van der Waals surface area contributed by atoms with E-state index < -0.39 is 5.41 Å². The van der Waals surface area contributed by atoms with Gasteiger partial charge in [0, 0.05) is 10.9 Å². The van der Waals surface area contributed by atoms with Crippen LogP contribution in [0, 0.1) is 27.7 Å². The molecule has 0 N–H and O–H groups in total. The van der Waals surface area contributed by atoms with Gasteiger partial charge in [0.2, 0.25) is 0 Å². The number of para-hydroxylation sites is 1. The minimum atomic E-state index is -0.475. The third kappa shape index (κ3) is 3.71. The van der Waals surface area contributed by atoms with Crippen molar-refractivity contribution in [2.45, 2.75) is 33.1 Å². The first-order chi connectivity index (χ1) is 21.9. The molecule has 214 valence electrons. The number of pyridine rings is 1. The van der Waals surface area contributed by atoms with Crippen LogP contribution in [0.1, 0.15) is 44.5 Å². The Kier molecular flexibility index (Phi) is 5.44. The van der Waals surface area contributed by atoms with Crippen LogP contribution in [0.3, 0.4) is 0 Å². The maximum Gasteiger partial charge on any atom is 0.0761 e. The van der Waals surface area contributed by atoms with E-state index in [9.17, 15) is 0 Å². The second-order valence-corrected chi connectivity index (χ2v) is 13.1. The van der Waals surface area contributed by atoms with Crippen molar-refractivity contribution >= 4 is 10.9 Å². The zero-order chi connectivity index (χ0) is 30.4. The van der Waals surface area contributed by atoms with Crippen molar-refractivity contribution in [1.82, 2.24) is 4.98 Å². The average Bonchev–Trinajstić information content (AvgIpc) is 3.48. The van der Waals surface area contributed by atoms with Gasteiger partial charge in [-0.05, 0) is 108 Å².